The fourth-order valence-corrected chi connectivity index (χ4v) is 4.21. The fraction of sp³-hybridized carbons (Fsp3) is 0.444. The predicted octanol–water partition coefficient (Wildman–Crippen LogP) is 5.07. The van der Waals surface area contributed by atoms with Gasteiger partial charge in [-0.05, 0) is 58.0 Å². The number of carbonyl (C=O) groups excluding carboxylic acids is 1. The summed E-state index contributed by atoms with van der Waals surface area (Å²) >= 11 is 5.93. The molecule has 0 spiro atoms. The summed E-state index contributed by atoms with van der Waals surface area (Å²) in [7, 11) is 0. The molecule has 0 aliphatic carbocycles. The third-order valence-corrected chi connectivity index (χ3v) is 6.21. The predicted molar refractivity (Wildman–Crippen MR) is 146 cm³/mol. The van der Waals surface area contributed by atoms with Gasteiger partial charge in [0.2, 0.25) is 0 Å². The molecule has 11 heteroatoms. The van der Waals surface area contributed by atoms with E-state index in [1.165, 1.54) is 18.5 Å². The van der Waals surface area contributed by atoms with Crippen LogP contribution < -0.4 is 20.7 Å². The van der Waals surface area contributed by atoms with Crippen molar-refractivity contribution in [2.24, 2.45) is 0 Å². The van der Waals surface area contributed by atoms with Crippen molar-refractivity contribution < 1.29 is 23.4 Å². The number of carbonyl (C=O) groups is 1. The van der Waals surface area contributed by atoms with Crippen molar-refractivity contribution >= 4 is 46.2 Å². The molecule has 38 heavy (non-hydrogen) atoms. The molecule has 2 saturated heterocycles. The van der Waals surface area contributed by atoms with Crippen LogP contribution >= 0.6 is 11.6 Å². The zero-order valence-electron chi connectivity index (χ0n) is 21.7. The van der Waals surface area contributed by atoms with Gasteiger partial charge < -0.3 is 30.2 Å². The van der Waals surface area contributed by atoms with Crippen LogP contribution in [0.3, 0.4) is 0 Å². The highest BCUT2D eigenvalue weighted by molar-refractivity contribution is 6.31. The monoisotopic (exact) mass is 545 g/mol. The molecule has 9 nitrogen and oxygen atoms in total. The zero-order chi connectivity index (χ0) is 27.1. The number of ether oxygens (including phenoxy) is 3. The molecule has 0 saturated carbocycles. The summed E-state index contributed by atoms with van der Waals surface area (Å²) in [6, 6.07) is 8.73. The Morgan fingerprint density at radius 3 is 2.68 bits per heavy atom. The largest absolute Gasteiger partial charge is 0.486 e. The zero-order valence-corrected chi connectivity index (χ0v) is 22.5. The summed E-state index contributed by atoms with van der Waals surface area (Å²) in [6.07, 6.45) is 3.42. The Bertz CT molecular complexity index is 1240. The summed E-state index contributed by atoms with van der Waals surface area (Å²) in [5.41, 5.74) is 1.96. The molecule has 2 aromatic carbocycles. The quantitative estimate of drug-likeness (QED) is 0.351. The Labute approximate surface area is 226 Å². The third kappa shape index (κ3) is 7.66. The highest BCUT2D eigenvalue weighted by atomic mass is 35.5. The standard InChI is InChI=1S/C22H23ClFN5O2.C5H10O2/c23-17-7-13(1-2-18(17)24)29-22-16-8-20(28-14-3-5-25-10-14)21(9-19(16)26-12-27-22)31-15-4-6-30-11-15;1-5(2,3)7-4-6/h1-2,7-9,12,14-15,25,28H,3-6,10-11H2,(H,26,27,29);4H,1-3H3. The van der Waals surface area contributed by atoms with Gasteiger partial charge in [-0.15, -0.1) is 0 Å². The van der Waals surface area contributed by atoms with Gasteiger partial charge in [-0.25, -0.2) is 14.4 Å². The van der Waals surface area contributed by atoms with E-state index in [-0.39, 0.29) is 16.7 Å². The molecule has 3 N–H and O–H groups in total. The van der Waals surface area contributed by atoms with Crippen molar-refractivity contribution in [1.29, 1.82) is 0 Å². The topological polar surface area (TPSA) is 107 Å². The first-order valence-electron chi connectivity index (χ1n) is 12.6. The number of hydrogen-bond acceptors (Lipinski definition) is 9. The molecule has 3 heterocycles. The van der Waals surface area contributed by atoms with Crippen LogP contribution in [-0.2, 0) is 14.3 Å². The van der Waals surface area contributed by atoms with Gasteiger partial charge in [-0.3, -0.25) is 4.79 Å². The second-order valence-electron chi connectivity index (χ2n) is 10.1. The number of benzene rings is 2. The number of aromatic nitrogens is 2. The number of anilines is 3. The van der Waals surface area contributed by atoms with Gasteiger partial charge in [0, 0.05) is 36.1 Å². The van der Waals surface area contributed by atoms with Crippen molar-refractivity contribution in [3.8, 4) is 5.75 Å². The molecular weight excluding hydrogens is 513 g/mol. The van der Waals surface area contributed by atoms with Crippen molar-refractivity contribution in [1.82, 2.24) is 15.3 Å². The minimum Gasteiger partial charge on any atom is -0.486 e. The summed E-state index contributed by atoms with van der Waals surface area (Å²) in [5.74, 6) is 0.898. The summed E-state index contributed by atoms with van der Waals surface area (Å²) in [6.45, 7) is 9.10. The number of fused-ring (bicyclic) bond motifs is 1. The average molecular weight is 546 g/mol. The normalized spacial score (nSPS) is 19.0. The molecule has 1 aromatic heterocycles. The summed E-state index contributed by atoms with van der Waals surface area (Å²) in [5, 5.41) is 11.1. The number of hydrogen-bond donors (Lipinski definition) is 3. The van der Waals surface area contributed by atoms with E-state index in [1.807, 2.05) is 32.9 Å². The Hall–Kier alpha value is -3.21. The van der Waals surface area contributed by atoms with Crippen LogP contribution in [0.5, 0.6) is 5.75 Å². The second-order valence-corrected chi connectivity index (χ2v) is 10.5. The van der Waals surface area contributed by atoms with E-state index in [4.69, 9.17) is 21.1 Å². The lowest BCUT2D eigenvalue weighted by Gasteiger charge is -2.21. The lowest BCUT2D eigenvalue weighted by molar-refractivity contribution is -0.138. The first-order chi connectivity index (χ1) is 18.2. The maximum atomic E-state index is 13.5. The maximum absolute atomic E-state index is 13.5. The molecule has 0 amide bonds. The second kappa shape index (κ2) is 12.6. The van der Waals surface area contributed by atoms with E-state index in [2.05, 4.69) is 30.7 Å². The van der Waals surface area contributed by atoms with E-state index in [0.717, 1.165) is 48.3 Å². The average Bonchev–Trinajstić information content (AvgIpc) is 3.56. The van der Waals surface area contributed by atoms with Crippen molar-refractivity contribution in [2.75, 3.05) is 36.9 Å². The van der Waals surface area contributed by atoms with Crippen LogP contribution in [-0.4, -0.2) is 60.5 Å². The number of nitrogens with zero attached hydrogens (tertiary/aromatic N) is 2. The van der Waals surface area contributed by atoms with E-state index in [9.17, 15) is 9.18 Å². The molecule has 2 fully saturated rings. The summed E-state index contributed by atoms with van der Waals surface area (Å²) < 4.78 is 29.8. The smallest absolute Gasteiger partial charge is 0.293 e. The van der Waals surface area contributed by atoms with Crippen molar-refractivity contribution in [3.05, 3.63) is 47.5 Å². The summed E-state index contributed by atoms with van der Waals surface area (Å²) in [4.78, 5) is 18.4. The maximum Gasteiger partial charge on any atom is 0.293 e. The van der Waals surface area contributed by atoms with Crippen molar-refractivity contribution in [2.45, 2.75) is 51.4 Å². The van der Waals surface area contributed by atoms with Gasteiger partial charge >= 0.3 is 0 Å². The van der Waals surface area contributed by atoms with E-state index >= 15 is 0 Å². The van der Waals surface area contributed by atoms with Gasteiger partial charge in [-0.2, -0.15) is 0 Å². The van der Waals surface area contributed by atoms with Crippen molar-refractivity contribution in [3.63, 3.8) is 0 Å². The molecular formula is C27H33ClFN5O4. The van der Waals surface area contributed by atoms with Gasteiger partial charge in [0.25, 0.3) is 6.47 Å². The van der Waals surface area contributed by atoms with E-state index in [1.54, 1.807) is 6.07 Å². The molecule has 5 rings (SSSR count). The highest BCUT2D eigenvalue weighted by Crippen LogP contribution is 2.35. The van der Waals surface area contributed by atoms with Crippen LogP contribution in [0.2, 0.25) is 5.02 Å². The van der Waals surface area contributed by atoms with Crippen LogP contribution in [0.4, 0.5) is 21.6 Å². The highest BCUT2D eigenvalue weighted by Gasteiger charge is 2.22. The number of nitrogens with one attached hydrogen (secondary N) is 3. The van der Waals surface area contributed by atoms with Crippen LogP contribution in [0.1, 0.15) is 33.6 Å². The van der Waals surface area contributed by atoms with E-state index in [0.29, 0.717) is 37.2 Å². The molecule has 204 valence electrons. The van der Waals surface area contributed by atoms with Gasteiger partial charge in [-0.1, -0.05) is 11.6 Å². The number of rotatable bonds is 7. The van der Waals surface area contributed by atoms with Gasteiger partial charge in [0.05, 0.1) is 29.4 Å². The van der Waals surface area contributed by atoms with Gasteiger partial charge in [0.15, 0.2) is 0 Å². The molecule has 0 radical (unpaired) electrons. The minimum absolute atomic E-state index is 0.0282. The Balaban J connectivity index is 0.000000426. The third-order valence-electron chi connectivity index (χ3n) is 5.92. The van der Waals surface area contributed by atoms with Gasteiger partial charge in [0.1, 0.15) is 35.4 Å². The Morgan fingerprint density at radius 1 is 1.21 bits per heavy atom. The molecule has 2 atom stereocenters. The lowest BCUT2D eigenvalue weighted by Crippen LogP contribution is -2.23. The Kier molecular flexibility index (Phi) is 9.19. The Morgan fingerprint density at radius 2 is 2.05 bits per heavy atom. The lowest BCUT2D eigenvalue weighted by atomic mass is 10.1. The first-order valence-corrected chi connectivity index (χ1v) is 12.9. The SMILES string of the molecule is CC(C)(C)OC=O.Fc1ccc(Nc2ncnc3cc(OC4CCOC4)c(NC4CCNC4)cc23)cc1Cl. The van der Waals surface area contributed by atoms with E-state index < -0.39 is 5.82 Å². The first kappa shape index (κ1) is 27.8. The van der Waals surface area contributed by atoms with Crippen LogP contribution in [0, 0.1) is 5.82 Å². The number of halogens is 2. The fourth-order valence-electron chi connectivity index (χ4n) is 4.03. The van der Waals surface area contributed by atoms with Crippen LogP contribution in [0.25, 0.3) is 10.9 Å². The molecule has 2 aliphatic rings. The molecule has 2 unspecified atom stereocenters. The molecule has 2 aliphatic heterocycles. The van der Waals surface area contributed by atoms with Crippen LogP contribution in [0.15, 0.2) is 36.7 Å². The minimum atomic E-state index is -0.464. The molecule has 0 bridgehead atoms. The molecule has 3 aromatic rings.